The van der Waals surface area contributed by atoms with Gasteiger partial charge in [-0.2, -0.15) is 0 Å². The number of aliphatic hydroxyl groups is 1. The maximum atomic E-state index is 13.8. The zero-order chi connectivity index (χ0) is 25.5. The number of fused-ring (bicyclic) bond motifs is 1. The first-order chi connectivity index (χ1) is 17.4. The smallest absolute Gasteiger partial charge is 0.303 e. The summed E-state index contributed by atoms with van der Waals surface area (Å²) in [5.74, 6) is 0.510. The molecule has 0 amide bonds. The molecule has 0 radical (unpaired) electrons. The highest BCUT2D eigenvalue weighted by Crippen LogP contribution is 2.35. The van der Waals surface area contributed by atoms with Crippen LogP contribution >= 0.6 is 11.8 Å². The number of aliphatic carboxylic acids is 1. The largest absolute Gasteiger partial charge is 0.497 e. The molecule has 0 spiro atoms. The lowest BCUT2D eigenvalue weighted by Gasteiger charge is -2.38. The van der Waals surface area contributed by atoms with Crippen molar-refractivity contribution in [2.24, 2.45) is 11.8 Å². The molecule has 0 aliphatic carbocycles. The maximum absolute atomic E-state index is 13.8. The summed E-state index contributed by atoms with van der Waals surface area (Å²) in [6, 6.07) is 10.4. The van der Waals surface area contributed by atoms with Crippen molar-refractivity contribution in [3.05, 3.63) is 60.2 Å². The van der Waals surface area contributed by atoms with Crippen LogP contribution < -0.4 is 4.74 Å². The third-order valence-electron chi connectivity index (χ3n) is 6.94. The number of hydrogen-bond acceptors (Lipinski definition) is 7. The van der Waals surface area contributed by atoms with Crippen molar-refractivity contribution >= 4 is 28.6 Å². The van der Waals surface area contributed by atoms with Crippen molar-refractivity contribution in [1.29, 1.82) is 0 Å². The molecular formula is C27H32FN3O4S. The SMILES string of the molecule is COc1ccc2nccc(C(O)CC[C@@H]3CCN(CCSc4ncccc4F)C[C@@H]3CC(=O)O)c2c1. The quantitative estimate of drug-likeness (QED) is 0.353. The van der Waals surface area contributed by atoms with Gasteiger partial charge >= 0.3 is 5.97 Å². The summed E-state index contributed by atoms with van der Waals surface area (Å²) in [6.07, 6.45) is 4.89. The van der Waals surface area contributed by atoms with Crippen molar-refractivity contribution in [3.63, 3.8) is 0 Å². The molecule has 2 aromatic heterocycles. The monoisotopic (exact) mass is 513 g/mol. The number of nitrogens with zero attached hydrogens (tertiary/aromatic N) is 3. The molecule has 0 saturated carbocycles. The fraction of sp³-hybridized carbons (Fsp3) is 0.444. The van der Waals surface area contributed by atoms with Crippen LogP contribution in [0, 0.1) is 17.7 Å². The number of rotatable bonds is 11. The molecular weight excluding hydrogens is 481 g/mol. The Kier molecular flexibility index (Phi) is 9.12. The van der Waals surface area contributed by atoms with Gasteiger partial charge in [0.2, 0.25) is 0 Å². The van der Waals surface area contributed by atoms with Crippen molar-refractivity contribution in [3.8, 4) is 5.75 Å². The van der Waals surface area contributed by atoms with Gasteiger partial charge in [-0.05, 0) is 79.6 Å². The second kappa shape index (κ2) is 12.5. The van der Waals surface area contributed by atoms with E-state index in [1.807, 2.05) is 24.3 Å². The van der Waals surface area contributed by atoms with Gasteiger partial charge < -0.3 is 19.8 Å². The normalized spacial score (nSPS) is 19.3. The molecule has 7 nitrogen and oxygen atoms in total. The lowest BCUT2D eigenvalue weighted by atomic mass is 9.79. The molecule has 1 aromatic carbocycles. The first-order valence-corrected chi connectivity index (χ1v) is 13.2. The third-order valence-corrected chi connectivity index (χ3v) is 7.90. The van der Waals surface area contributed by atoms with Crippen LogP contribution in [0.25, 0.3) is 10.9 Å². The van der Waals surface area contributed by atoms with Gasteiger partial charge in [0.15, 0.2) is 5.82 Å². The highest BCUT2D eigenvalue weighted by Gasteiger charge is 2.31. The summed E-state index contributed by atoms with van der Waals surface area (Å²) in [4.78, 5) is 22.3. The van der Waals surface area contributed by atoms with Gasteiger partial charge in [0.25, 0.3) is 0 Å². The number of piperidine rings is 1. The number of aromatic nitrogens is 2. The zero-order valence-electron chi connectivity index (χ0n) is 20.3. The number of methoxy groups -OCH3 is 1. The van der Waals surface area contributed by atoms with E-state index in [1.165, 1.54) is 17.8 Å². The summed E-state index contributed by atoms with van der Waals surface area (Å²) in [7, 11) is 1.61. The van der Waals surface area contributed by atoms with Crippen LogP contribution in [0.3, 0.4) is 0 Å². The summed E-state index contributed by atoms with van der Waals surface area (Å²) in [5, 5.41) is 21.8. The summed E-state index contributed by atoms with van der Waals surface area (Å²) in [6.45, 7) is 2.29. The van der Waals surface area contributed by atoms with Crippen molar-refractivity contribution in [2.75, 3.05) is 32.5 Å². The molecule has 4 rings (SSSR count). The molecule has 3 atom stereocenters. The lowest BCUT2D eigenvalue weighted by molar-refractivity contribution is -0.139. The number of aliphatic hydroxyl groups excluding tert-OH is 1. The average Bonchev–Trinajstić information content (AvgIpc) is 2.88. The Labute approximate surface area is 214 Å². The van der Waals surface area contributed by atoms with Crippen LogP contribution in [0.2, 0.25) is 0 Å². The number of carbonyl (C=O) groups is 1. The lowest BCUT2D eigenvalue weighted by Crippen LogP contribution is -2.42. The van der Waals surface area contributed by atoms with E-state index in [-0.39, 0.29) is 24.1 Å². The van der Waals surface area contributed by atoms with Gasteiger partial charge in [-0.25, -0.2) is 9.37 Å². The van der Waals surface area contributed by atoms with E-state index in [9.17, 15) is 19.4 Å². The van der Waals surface area contributed by atoms with E-state index in [2.05, 4.69) is 14.9 Å². The number of carboxylic acid groups (broad SMARTS) is 1. The van der Waals surface area contributed by atoms with Crippen LogP contribution in [0.4, 0.5) is 4.39 Å². The molecule has 9 heteroatoms. The summed E-state index contributed by atoms with van der Waals surface area (Å²) < 4.78 is 19.2. The molecule has 2 N–H and O–H groups in total. The second-order valence-corrected chi connectivity index (χ2v) is 10.3. The number of pyridine rings is 2. The Morgan fingerprint density at radius 1 is 1.25 bits per heavy atom. The van der Waals surface area contributed by atoms with E-state index in [0.717, 1.165) is 42.4 Å². The highest BCUT2D eigenvalue weighted by atomic mass is 32.2. The third kappa shape index (κ3) is 6.72. The number of benzene rings is 1. The van der Waals surface area contributed by atoms with Gasteiger partial charge in [0.05, 0.1) is 18.7 Å². The fourth-order valence-corrected chi connectivity index (χ4v) is 5.92. The van der Waals surface area contributed by atoms with E-state index >= 15 is 0 Å². The number of ether oxygens (including phenoxy) is 1. The average molecular weight is 514 g/mol. The molecule has 3 aromatic rings. The van der Waals surface area contributed by atoms with E-state index in [4.69, 9.17) is 4.74 Å². The molecule has 1 aliphatic rings. The molecule has 1 fully saturated rings. The van der Waals surface area contributed by atoms with Gasteiger partial charge in [-0.15, -0.1) is 11.8 Å². The Morgan fingerprint density at radius 3 is 2.89 bits per heavy atom. The predicted octanol–water partition coefficient (Wildman–Crippen LogP) is 4.80. The van der Waals surface area contributed by atoms with Crippen LogP contribution in [0.5, 0.6) is 5.75 Å². The molecule has 36 heavy (non-hydrogen) atoms. The Morgan fingerprint density at radius 2 is 2.11 bits per heavy atom. The molecule has 192 valence electrons. The van der Waals surface area contributed by atoms with Gasteiger partial charge in [0.1, 0.15) is 10.8 Å². The summed E-state index contributed by atoms with van der Waals surface area (Å²) >= 11 is 1.38. The Bertz CT molecular complexity index is 1180. The first kappa shape index (κ1) is 26.3. The molecule has 0 bridgehead atoms. The van der Waals surface area contributed by atoms with Crippen LogP contribution in [0.1, 0.15) is 37.4 Å². The Balaban J connectivity index is 1.35. The summed E-state index contributed by atoms with van der Waals surface area (Å²) in [5.41, 5.74) is 1.61. The number of hydrogen-bond donors (Lipinski definition) is 2. The van der Waals surface area contributed by atoms with Crippen LogP contribution in [-0.2, 0) is 4.79 Å². The van der Waals surface area contributed by atoms with E-state index in [1.54, 1.807) is 25.6 Å². The van der Waals surface area contributed by atoms with Gasteiger partial charge in [-0.3, -0.25) is 9.78 Å². The van der Waals surface area contributed by atoms with E-state index in [0.29, 0.717) is 29.5 Å². The van der Waals surface area contributed by atoms with Gasteiger partial charge in [-0.1, -0.05) is 0 Å². The predicted molar refractivity (Wildman–Crippen MR) is 138 cm³/mol. The number of likely N-dealkylation sites (tertiary alicyclic amines) is 1. The topological polar surface area (TPSA) is 95.8 Å². The van der Waals surface area contributed by atoms with Crippen LogP contribution in [0.15, 0.2) is 53.8 Å². The van der Waals surface area contributed by atoms with Crippen molar-refractivity contribution < 1.29 is 24.1 Å². The number of carboxylic acids is 1. The van der Waals surface area contributed by atoms with Crippen LogP contribution in [-0.4, -0.2) is 63.5 Å². The standard InChI is InChI=1S/C27H32FN3O4S/c1-35-20-5-6-24-22(16-20)21(8-11-29-24)25(32)7-4-18-9-12-31(17-19(18)15-26(33)34)13-14-36-27-23(28)3-2-10-30-27/h2-3,5-6,8,10-11,16,18-19,25,32H,4,7,9,12-15,17H2,1H3,(H,33,34)/t18-,19+,25?/m1/s1. The highest BCUT2D eigenvalue weighted by molar-refractivity contribution is 7.99. The van der Waals surface area contributed by atoms with Gasteiger partial charge in [0, 0.05) is 43.0 Å². The number of thioether (sulfide) groups is 1. The molecule has 1 unspecified atom stereocenters. The molecule has 1 aliphatic heterocycles. The zero-order valence-corrected chi connectivity index (χ0v) is 21.2. The minimum Gasteiger partial charge on any atom is -0.497 e. The van der Waals surface area contributed by atoms with Crippen molar-refractivity contribution in [2.45, 2.75) is 36.8 Å². The fourth-order valence-electron chi connectivity index (χ4n) is 5.04. The number of halogens is 1. The minimum atomic E-state index is -0.801. The maximum Gasteiger partial charge on any atom is 0.303 e. The molecule has 3 heterocycles. The van der Waals surface area contributed by atoms with Crippen molar-refractivity contribution in [1.82, 2.24) is 14.9 Å². The molecule has 1 saturated heterocycles. The minimum absolute atomic E-state index is 0.00862. The first-order valence-electron chi connectivity index (χ1n) is 12.2. The second-order valence-electron chi connectivity index (χ2n) is 9.22. The van der Waals surface area contributed by atoms with E-state index < -0.39 is 12.1 Å². The Hall–Kier alpha value is -2.75.